The molecule has 2 fully saturated rings. The van der Waals surface area contributed by atoms with E-state index in [2.05, 4.69) is 4.98 Å². The highest BCUT2D eigenvalue weighted by Gasteiger charge is 2.49. The first-order valence-electron chi connectivity index (χ1n) is 9.22. The number of amides is 2. The molecule has 2 saturated heterocycles. The third kappa shape index (κ3) is 3.11. The van der Waals surface area contributed by atoms with Crippen molar-refractivity contribution < 1.29 is 18.4 Å². The maximum absolute atomic E-state index is 14.0. The molecule has 0 saturated carbocycles. The van der Waals surface area contributed by atoms with Crippen LogP contribution in [0.1, 0.15) is 41.1 Å². The summed E-state index contributed by atoms with van der Waals surface area (Å²) in [6.07, 6.45) is 3.48. The van der Waals surface area contributed by atoms with E-state index in [4.69, 9.17) is 4.42 Å². The predicted molar refractivity (Wildman–Crippen MR) is 95.2 cm³/mol. The van der Waals surface area contributed by atoms with E-state index >= 15 is 0 Å². The largest absolute Gasteiger partial charge is 0.438 e. The first kappa shape index (κ1) is 17.7. The van der Waals surface area contributed by atoms with Gasteiger partial charge in [-0.2, -0.15) is 0 Å². The molecule has 3 heterocycles. The van der Waals surface area contributed by atoms with Crippen LogP contribution in [-0.2, 0) is 11.3 Å². The zero-order chi connectivity index (χ0) is 19.0. The summed E-state index contributed by atoms with van der Waals surface area (Å²) in [5, 5.41) is 0. The van der Waals surface area contributed by atoms with Gasteiger partial charge in [0.2, 0.25) is 11.7 Å². The molecule has 1 unspecified atom stereocenters. The number of benzene rings is 1. The molecule has 7 heteroatoms. The lowest BCUT2D eigenvalue weighted by Gasteiger charge is -2.39. The van der Waals surface area contributed by atoms with Crippen molar-refractivity contribution in [2.24, 2.45) is 5.41 Å². The molecule has 0 N–H and O–H groups in total. The topological polar surface area (TPSA) is 66.7 Å². The minimum atomic E-state index is -0.576. The van der Waals surface area contributed by atoms with Crippen LogP contribution in [0.2, 0.25) is 0 Å². The average Bonchev–Trinajstić information content (AvgIpc) is 3.28. The molecule has 0 radical (unpaired) electrons. The van der Waals surface area contributed by atoms with Crippen molar-refractivity contribution >= 4 is 11.8 Å². The number of aromatic nitrogens is 1. The number of carbonyl (C=O) groups is 2. The van der Waals surface area contributed by atoms with Crippen LogP contribution in [0.25, 0.3) is 0 Å². The molecular formula is C20H22FN3O3. The minimum absolute atomic E-state index is 0.0154. The number of hydrogen-bond donors (Lipinski definition) is 0. The van der Waals surface area contributed by atoms with Crippen molar-refractivity contribution in [1.82, 2.24) is 14.8 Å². The molecule has 2 aliphatic rings. The van der Waals surface area contributed by atoms with E-state index in [-0.39, 0.29) is 29.9 Å². The molecule has 27 heavy (non-hydrogen) atoms. The number of hydrogen-bond acceptors (Lipinski definition) is 4. The fraction of sp³-hybridized carbons (Fsp3) is 0.450. The lowest BCUT2D eigenvalue weighted by atomic mass is 9.78. The van der Waals surface area contributed by atoms with Gasteiger partial charge in [0, 0.05) is 31.7 Å². The van der Waals surface area contributed by atoms with Gasteiger partial charge in [-0.1, -0.05) is 18.2 Å². The van der Waals surface area contributed by atoms with Crippen molar-refractivity contribution in [3.05, 3.63) is 53.5 Å². The van der Waals surface area contributed by atoms with Gasteiger partial charge in [-0.15, -0.1) is 0 Å². The molecule has 6 nitrogen and oxygen atoms in total. The zero-order valence-corrected chi connectivity index (χ0v) is 15.3. The summed E-state index contributed by atoms with van der Waals surface area (Å²) < 4.78 is 19.2. The van der Waals surface area contributed by atoms with Crippen molar-refractivity contribution in [2.75, 3.05) is 19.6 Å². The Balaban J connectivity index is 1.50. The molecule has 0 bridgehead atoms. The van der Waals surface area contributed by atoms with Crippen molar-refractivity contribution in [1.29, 1.82) is 0 Å². The van der Waals surface area contributed by atoms with Crippen molar-refractivity contribution in [3.8, 4) is 0 Å². The standard InChI is InChI=1S/C20H22FN3O3/c1-14-17(27-13-22-14)18(25)24-10-8-20(12-24)7-4-9-23(19(20)26)11-15-5-2-3-6-16(15)21/h2-3,5-6,13H,4,7-12H2,1H3. The van der Waals surface area contributed by atoms with Gasteiger partial charge in [-0.25, -0.2) is 9.37 Å². The average molecular weight is 371 g/mol. The van der Waals surface area contributed by atoms with Crippen LogP contribution in [0.3, 0.4) is 0 Å². The second-order valence-corrected chi connectivity index (χ2v) is 7.45. The van der Waals surface area contributed by atoms with Crippen LogP contribution in [0.15, 0.2) is 35.1 Å². The van der Waals surface area contributed by atoms with Gasteiger partial charge < -0.3 is 14.2 Å². The molecule has 2 aliphatic heterocycles. The van der Waals surface area contributed by atoms with Crippen LogP contribution < -0.4 is 0 Å². The number of oxazole rings is 1. The molecular weight excluding hydrogens is 349 g/mol. The van der Waals surface area contributed by atoms with E-state index in [0.29, 0.717) is 37.3 Å². The summed E-state index contributed by atoms with van der Waals surface area (Å²) in [4.78, 5) is 33.3. The third-order valence-electron chi connectivity index (χ3n) is 5.72. The molecule has 4 rings (SSSR count). The van der Waals surface area contributed by atoms with Crippen molar-refractivity contribution in [2.45, 2.75) is 32.7 Å². The van der Waals surface area contributed by atoms with E-state index in [1.165, 1.54) is 12.5 Å². The molecule has 142 valence electrons. The highest BCUT2D eigenvalue weighted by molar-refractivity contribution is 5.94. The Kier molecular flexibility index (Phi) is 4.45. The Morgan fingerprint density at radius 2 is 2.11 bits per heavy atom. The van der Waals surface area contributed by atoms with Gasteiger partial charge in [-0.05, 0) is 32.3 Å². The highest BCUT2D eigenvalue weighted by atomic mass is 19.1. The molecule has 1 aromatic carbocycles. The molecule has 0 aliphatic carbocycles. The molecule has 1 atom stereocenters. The Labute approximate surface area is 157 Å². The second-order valence-electron chi connectivity index (χ2n) is 7.45. The minimum Gasteiger partial charge on any atom is -0.438 e. The van der Waals surface area contributed by atoms with Gasteiger partial charge in [0.05, 0.1) is 11.1 Å². The number of carbonyl (C=O) groups excluding carboxylic acids is 2. The van der Waals surface area contributed by atoms with Gasteiger partial charge in [0.25, 0.3) is 5.91 Å². The number of aryl methyl sites for hydroxylation is 1. The highest BCUT2D eigenvalue weighted by Crippen LogP contribution is 2.41. The lowest BCUT2D eigenvalue weighted by Crippen LogP contribution is -2.50. The Bertz CT molecular complexity index is 881. The zero-order valence-electron chi connectivity index (χ0n) is 15.3. The fourth-order valence-corrected chi connectivity index (χ4v) is 4.21. The monoisotopic (exact) mass is 371 g/mol. The first-order valence-corrected chi connectivity index (χ1v) is 9.22. The fourth-order valence-electron chi connectivity index (χ4n) is 4.21. The number of likely N-dealkylation sites (tertiary alicyclic amines) is 2. The Morgan fingerprint density at radius 1 is 1.30 bits per heavy atom. The normalized spacial score (nSPS) is 22.7. The maximum Gasteiger partial charge on any atom is 0.291 e. The van der Waals surface area contributed by atoms with E-state index in [1.54, 1.807) is 34.9 Å². The SMILES string of the molecule is Cc1ncoc1C(=O)N1CCC2(CCCN(Cc3ccccc3F)C2=O)C1. The van der Waals surface area contributed by atoms with Gasteiger partial charge in [-0.3, -0.25) is 9.59 Å². The van der Waals surface area contributed by atoms with Crippen LogP contribution in [0.4, 0.5) is 4.39 Å². The second kappa shape index (κ2) is 6.79. The smallest absolute Gasteiger partial charge is 0.291 e. The van der Waals surface area contributed by atoms with Crippen molar-refractivity contribution in [3.63, 3.8) is 0 Å². The molecule has 2 amide bonds. The predicted octanol–water partition coefficient (Wildman–Crippen LogP) is 2.78. The first-order chi connectivity index (χ1) is 13.0. The number of halogens is 1. The Morgan fingerprint density at radius 3 is 2.85 bits per heavy atom. The quantitative estimate of drug-likeness (QED) is 0.832. The summed E-state index contributed by atoms with van der Waals surface area (Å²) in [5.74, 6) is -0.269. The van der Waals surface area contributed by atoms with E-state index in [0.717, 1.165) is 12.8 Å². The molecule has 1 aromatic heterocycles. The summed E-state index contributed by atoms with van der Waals surface area (Å²) in [6.45, 7) is 3.49. The number of piperidine rings is 1. The van der Waals surface area contributed by atoms with E-state index in [9.17, 15) is 14.0 Å². The summed E-state index contributed by atoms with van der Waals surface area (Å²) in [6, 6.07) is 6.54. The number of rotatable bonds is 3. The summed E-state index contributed by atoms with van der Waals surface area (Å²) >= 11 is 0. The molecule has 2 aromatic rings. The van der Waals surface area contributed by atoms with E-state index in [1.807, 2.05) is 0 Å². The van der Waals surface area contributed by atoms with Crippen LogP contribution >= 0.6 is 0 Å². The van der Waals surface area contributed by atoms with Gasteiger partial charge in [0.1, 0.15) is 5.82 Å². The maximum atomic E-state index is 14.0. The number of nitrogens with zero attached hydrogens (tertiary/aromatic N) is 3. The Hall–Kier alpha value is -2.70. The van der Waals surface area contributed by atoms with Crippen LogP contribution in [0.5, 0.6) is 0 Å². The summed E-state index contributed by atoms with van der Waals surface area (Å²) in [5.41, 5.74) is 0.496. The van der Waals surface area contributed by atoms with Gasteiger partial charge >= 0.3 is 0 Å². The van der Waals surface area contributed by atoms with E-state index < -0.39 is 5.41 Å². The van der Waals surface area contributed by atoms with Gasteiger partial charge in [0.15, 0.2) is 6.39 Å². The third-order valence-corrected chi connectivity index (χ3v) is 5.72. The summed E-state index contributed by atoms with van der Waals surface area (Å²) in [7, 11) is 0. The van der Waals surface area contributed by atoms with Crippen LogP contribution in [-0.4, -0.2) is 46.2 Å². The van der Waals surface area contributed by atoms with Crippen LogP contribution in [0, 0.1) is 18.2 Å². The molecule has 1 spiro atoms. The lowest BCUT2D eigenvalue weighted by molar-refractivity contribution is -0.146.